The highest BCUT2D eigenvalue weighted by Crippen LogP contribution is 2.24. The van der Waals surface area contributed by atoms with Crippen molar-refractivity contribution in [2.45, 2.75) is 31.6 Å². The number of sulfonamides is 1. The van der Waals surface area contributed by atoms with Crippen LogP contribution < -0.4 is 5.32 Å². The van der Waals surface area contributed by atoms with Gasteiger partial charge in [0.05, 0.1) is 4.90 Å². The molecule has 0 spiro atoms. The molecule has 1 aliphatic rings. The van der Waals surface area contributed by atoms with Crippen molar-refractivity contribution in [3.63, 3.8) is 0 Å². The van der Waals surface area contributed by atoms with Crippen LogP contribution in [-0.2, 0) is 10.0 Å². The van der Waals surface area contributed by atoms with E-state index in [-0.39, 0.29) is 10.8 Å². The van der Waals surface area contributed by atoms with E-state index < -0.39 is 10.0 Å². The molecule has 0 saturated carbocycles. The van der Waals surface area contributed by atoms with Gasteiger partial charge >= 0.3 is 0 Å². The first-order valence-electron chi connectivity index (χ1n) is 8.95. The van der Waals surface area contributed by atoms with E-state index in [1.165, 1.54) is 0 Å². The molecule has 1 saturated heterocycles. The SMILES string of the molecule is Cc1ccc(C(=O)Nc2ccc(S(=O)(=O)N3CCC(C)CC3)cc2)cc1I. The number of hydrogen-bond acceptors (Lipinski definition) is 3. The average Bonchev–Trinajstić information content (AvgIpc) is 2.64. The summed E-state index contributed by atoms with van der Waals surface area (Å²) in [7, 11) is -3.47. The van der Waals surface area contributed by atoms with Gasteiger partial charge in [-0.05, 0) is 90.2 Å². The number of aryl methyl sites for hydroxylation is 1. The Labute approximate surface area is 174 Å². The predicted octanol–water partition coefficient (Wildman–Crippen LogP) is 4.27. The largest absolute Gasteiger partial charge is 0.322 e. The highest BCUT2D eigenvalue weighted by Gasteiger charge is 2.27. The van der Waals surface area contributed by atoms with Crippen LogP contribution in [0.25, 0.3) is 0 Å². The molecule has 1 aliphatic heterocycles. The van der Waals surface area contributed by atoms with Gasteiger partial charge in [0, 0.05) is 27.9 Å². The van der Waals surface area contributed by atoms with Crippen molar-refractivity contribution < 1.29 is 13.2 Å². The molecule has 1 N–H and O–H groups in total. The van der Waals surface area contributed by atoms with E-state index in [1.54, 1.807) is 34.6 Å². The van der Waals surface area contributed by atoms with E-state index >= 15 is 0 Å². The summed E-state index contributed by atoms with van der Waals surface area (Å²) in [5, 5.41) is 2.82. The van der Waals surface area contributed by atoms with Gasteiger partial charge in [0.1, 0.15) is 0 Å². The quantitative estimate of drug-likeness (QED) is 0.641. The minimum atomic E-state index is -3.47. The van der Waals surface area contributed by atoms with Crippen molar-refractivity contribution in [2.75, 3.05) is 18.4 Å². The number of piperidine rings is 1. The van der Waals surface area contributed by atoms with Gasteiger partial charge in [0.2, 0.25) is 10.0 Å². The molecule has 1 fully saturated rings. The van der Waals surface area contributed by atoms with Crippen LogP contribution in [0.5, 0.6) is 0 Å². The van der Waals surface area contributed by atoms with Crippen molar-refractivity contribution in [2.24, 2.45) is 5.92 Å². The van der Waals surface area contributed by atoms with Crippen LogP contribution in [0.4, 0.5) is 5.69 Å². The van der Waals surface area contributed by atoms with E-state index in [4.69, 9.17) is 0 Å². The lowest BCUT2D eigenvalue weighted by Crippen LogP contribution is -2.37. The second kappa shape index (κ2) is 8.28. The van der Waals surface area contributed by atoms with Gasteiger partial charge in [0.15, 0.2) is 0 Å². The van der Waals surface area contributed by atoms with Crippen LogP contribution in [0.15, 0.2) is 47.4 Å². The third-order valence-electron chi connectivity index (χ3n) is 4.93. The smallest absolute Gasteiger partial charge is 0.255 e. The molecule has 144 valence electrons. The predicted molar refractivity (Wildman–Crippen MR) is 115 cm³/mol. The molecule has 0 radical (unpaired) electrons. The molecule has 1 amide bonds. The first-order valence-corrected chi connectivity index (χ1v) is 11.5. The molecule has 0 bridgehead atoms. The Morgan fingerprint density at radius 3 is 2.33 bits per heavy atom. The molecule has 1 heterocycles. The lowest BCUT2D eigenvalue weighted by molar-refractivity contribution is 0.102. The number of halogens is 1. The molecule has 2 aromatic rings. The van der Waals surface area contributed by atoms with E-state index in [2.05, 4.69) is 34.8 Å². The standard InChI is InChI=1S/C20H23IN2O3S/c1-14-9-11-23(12-10-14)27(25,26)18-7-5-17(6-8-18)22-20(24)16-4-3-15(2)19(21)13-16/h3-8,13-14H,9-12H2,1-2H3,(H,22,24). The fraction of sp³-hybridized carbons (Fsp3) is 0.350. The van der Waals surface area contributed by atoms with Crippen molar-refractivity contribution in [1.29, 1.82) is 0 Å². The van der Waals surface area contributed by atoms with Crippen LogP contribution in [0, 0.1) is 16.4 Å². The number of carbonyl (C=O) groups is 1. The summed E-state index contributed by atoms with van der Waals surface area (Å²) in [6.45, 7) is 5.27. The molecule has 5 nitrogen and oxygen atoms in total. The summed E-state index contributed by atoms with van der Waals surface area (Å²) < 4.78 is 28.1. The Hall–Kier alpha value is -1.45. The van der Waals surface area contributed by atoms with Gasteiger partial charge in [-0.15, -0.1) is 0 Å². The van der Waals surface area contributed by atoms with Crippen molar-refractivity contribution in [1.82, 2.24) is 4.31 Å². The molecule has 27 heavy (non-hydrogen) atoms. The second-order valence-electron chi connectivity index (χ2n) is 7.03. The van der Waals surface area contributed by atoms with Crippen LogP contribution in [0.1, 0.15) is 35.7 Å². The number of benzene rings is 2. The number of hydrogen-bond donors (Lipinski definition) is 1. The number of rotatable bonds is 4. The molecule has 0 atom stereocenters. The molecule has 0 unspecified atom stereocenters. The fourth-order valence-corrected chi connectivity index (χ4v) is 5.01. The van der Waals surface area contributed by atoms with Gasteiger partial charge in [-0.25, -0.2) is 8.42 Å². The minimum Gasteiger partial charge on any atom is -0.322 e. The fourth-order valence-electron chi connectivity index (χ4n) is 3.02. The molecular formula is C20H23IN2O3S. The van der Waals surface area contributed by atoms with Crippen LogP contribution in [0.2, 0.25) is 0 Å². The zero-order valence-corrected chi connectivity index (χ0v) is 18.4. The minimum absolute atomic E-state index is 0.214. The Balaban J connectivity index is 1.71. The highest BCUT2D eigenvalue weighted by atomic mass is 127. The molecular weight excluding hydrogens is 475 g/mol. The second-order valence-corrected chi connectivity index (χ2v) is 10.1. The van der Waals surface area contributed by atoms with Crippen LogP contribution in [-0.4, -0.2) is 31.7 Å². The first kappa shape index (κ1) is 20.3. The highest BCUT2D eigenvalue weighted by molar-refractivity contribution is 14.1. The summed E-state index contributed by atoms with van der Waals surface area (Å²) in [6, 6.07) is 11.9. The monoisotopic (exact) mass is 498 g/mol. The number of anilines is 1. The summed E-state index contributed by atoms with van der Waals surface area (Å²) in [5.41, 5.74) is 2.26. The van der Waals surface area contributed by atoms with Crippen LogP contribution in [0.3, 0.4) is 0 Å². The third kappa shape index (κ3) is 4.70. The molecule has 7 heteroatoms. The van der Waals surface area contributed by atoms with Gasteiger partial charge in [0.25, 0.3) is 5.91 Å². The van der Waals surface area contributed by atoms with Crippen molar-refractivity contribution in [3.8, 4) is 0 Å². The Bertz CT molecular complexity index is 934. The van der Waals surface area contributed by atoms with Gasteiger partial charge in [-0.2, -0.15) is 4.31 Å². The Morgan fingerprint density at radius 1 is 1.11 bits per heavy atom. The Morgan fingerprint density at radius 2 is 1.74 bits per heavy atom. The molecule has 2 aromatic carbocycles. The van der Waals surface area contributed by atoms with E-state index in [1.807, 2.05) is 19.1 Å². The third-order valence-corrected chi connectivity index (χ3v) is 8.00. The summed E-state index contributed by atoms with van der Waals surface area (Å²) in [4.78, 5) is 12.7. The first-order chi connectivity index (χ1) is 12.8. The summed E-state index contributed by atoms with van der Waals surface area (Å²) in [5.74, 6) is 0.354. The lowest BCUT2D eigenvalue weighted by Gasteiger charge is -2.29. The molecule has 0 aromatic heterocycles. The topological polar surface area (TPSA) is 66.5 Å². The van der Waals surface area contributed by atoms with Gasteiger partial charge < -0.3 is 5.32 Å². The Kier molecular flexibility index (Phi) is 6.22. The molecule has 3 rings (SSSR count). The van der Waals surface area contributed by atoms with E-state index in [0.29, 0.717) is 30.3 Å². The van der Waals surface area contributed by atoms with Crippen molar-refractivity contribution >= 4 is 44.2 Å². The molecule has 0 aliphatic carbocycles. The maximum absolute atomic E-state index is 12.8. The maximum Gasteiger partial charge on any atom is 0.255 e. The van der Waals surface area contributed by atoms with Gasteiger partial charge in [-0.1, -0.05) is 13.0 Å². The number of nitrogens with one attached hydrogen (secondary N) is 1. The number of carbonyl (C=O) groups excluding carboxylic acids is 1. The number of amides is 1. The van der Waals surface area contributed by atoms with E-state index in [9.17, 15) is 13.2 Å². The number of nitrogens with zero attached hydrogens (tertiary/aromatic N) is 1. The van der Waals surface area contributed by atoms with Crippen LogP contribution >= 0.6 is 22.6 Å². The summed E-state index contributed by atoms with van der Waals surface area (Å²) in [6.07, 6.45) is 1.78. The van der Waals surface area contributed by atoms with Crippen molar-refractivity contribution in [3.05, 3.63) is 57.2 Å². The maximum atomic E-state index is 12.8. The summed E-state index contributed by atoms with van der Waals surface area (Å²) >= 11 is 2.20. The van der Waals surface area contributed by atoms with E-state index in [0.717, 1.165) is 22.0 Å². The normalized spacial score (nSPS) is 16.3. The average molecular weight is 498 g/mol. The lowest BCUT2D eigenvalue weighted by atomic mass is 10.0. The zero-order chi connectivity index (χ0) is 19.6. The zero-order valence-electron chi connectivity index (χ0n) is 15.4. The van der Waals surface area contributed by atoms with Gasteiger partial charge in [-0.3, -0.25) is 4.79 Å².